The van der Waals surface area contributed by atoms with Crippen molar-refractivity contribution in [2.45, 2.75) is 25.5 Å². The Morgan fingerprint density at radius 3 is 2.12 bits per heavy atom. The Labute approximate surface area is 102 Å². The molecule has 0 atom stereocenters. The van der Waals surface area contributed by atoms with Crippen molar-refractivity contribution < 1.29 is 8.42 Å². The van der Waals surface area contributed by atoms with E-state index in [4.69, 9.17) is 11.6 Å². The predicted molar refractivity (Wildman–Crippen MR) is 68.5 cm³/mol. The highest BCUT2D eigenvalue weighted by Crippen LogP contribution is 2.30. The van der Waals surface area contributed by atoms with Crippen molar-refractivity contribution in [2.24, 2.45) is 0 Å². The maximum absolute atomic E-state index is 12.2. The van der Waals surface area contributed by atoms with Crippen LogP contribution in [0.4, 0.5) is 5.69 Å². The Kier molecular flexibility index (Phi) is 3.55. The molecule has 0 heterocycles. The van der Waals surface area contributed by atoms with Gasteiger partial charge in [-0.05, 0) is 32.9 Å². The van der Waals surface area contributed by atoms with E-state index in [2.05, 4.69) is 0 Å². The molecule has 0 saturated carbocycles. The molecule has 0 radical (unpaired) electrons. The van der Waals surface area contributed by atoms with Crippen LogP contribution in [0, 0.1) is 0 Å². The number of halogens is 1. The average Bonchev–Trinajstić information content (AvgIpc) is 2.15. The molecule has 0 saturated heterocycles. The predicted octanol–water partition coefficient (Wildman–Crippen LogP) is 2.90. The zero-order chi connectivity index (χ0) is 12.6. The zero-order valence-corrected chi connectivity index (χ0v) is 11.4. The van der Waals surface area contributed by atoms with Crippen molar-refractivity contribution in [3.05, 3.63) is 29.3 Å². The molecule has 0 unspecified atom stereocenters. The third-order valence-corrected chi connectivity index (χ3v) is 5.11. The number of sulfonamides is 1. The number of hydrogen-bond acceptors (Lipinski definition) is 2. The molecule has 5 heteroatoms. The van der Waals surface area contributed by atoms with E-state index in [1.807, 2.05) is 0 Å². The second-order valence-electron chi connectivity index (χ2n) is 4.54. The molecule has 0 aromatic heterocycles. The molecule has 90 valence electrons. The molecule has 0 aliphatic heterocycles. The standard InChI is InChI=1S/C11H16ClNO2S/c1-11(2,3)16(14,15)13(4)10-8-6-5-7-9(10)12/h5-8H,1-4H3. The van der Waals surface area contributed by atoms with Gasteiger partial charge in [-0.15, -0.1) is 0 Å². The molecule has 0 bridgehead atoms. The summed E-state index contributed by atoms with van der Waals surface area (Å²) < 4.78 is 24.7. The third-order valence-electron chi connectivity index (χ3n) is 2.33. The monoisotopic (exact) mass is 261 g/mol. The molecule has 0 spiro atoms. The summed E-state index contributed by atoms with van der Waals surface area (Å²) in [5.74, 6) is 0. The van der Waals surface area contributed by atoms with Gasteiger partial charge in [-0.1, -0.05) is 23.7 Å². The second kappa shape index (κ2) is 4.26. The minimum Gasteiger partial charge on any atom is -0.271 e. The van der Waals surface area contributed by atoms with Gasteiger partial charge in [0.15, 0.2) is 0 Å². The third kappa shape index (κ3) is 2.33. The summed E-state index contributed by atoms with van der Waals surface area (Å²) in [5.41, 5.74) is 0.499. The van der Waals surface area contributed by atoms with Gasteiger partial charge in [0.25, 0.3) is 0 Å². The van der Waals surface area contributed by atoms with Crippen molar-refractivity contribution in [1.82, 2.24) is 0 Å². The van der Waals surface area contributed by atoms with Crippen LogP contribution in [0.25, 0.3) is 0 Å². The number of hydrogen-bond donors (Lipinski definition) is 0. The van der Waals surface area contributed by atoms with Crippen molar-refractivity contribution in [1.29, 1.82) is 0 Å². The van der Waals surface area contributed by atoms with Gasteiger partial charge in [-0.25, -0.2) is 8.42 Å². The molecule has 0 aliphatic rings. The van der Waals surface area contributed by atoms with E-state index in [0.717, 1.165) is 0 Å². The highest BCUT2D eigenvalue weighted by molar-refractivity contribution is 7.94. The molecular formula is C11H16ClNO2S. The lowest BCUT2D eigenvalue weighted by atomic mass is 10.3. The fourth-order valence-corrected chi connectivity index (χ4v) is 2.80. The van der Waals surface area contributed by atoms with Crippen LogP contribution >= 0.6 is 11.6 Å². The number of nitrogens with zero attached hydrogens (tertiary/aromatic N) is 1. The van der Waals surface area contributed by atoms with Crippen LogP contribution in [-0.2, 0) is 10.0 Å². The smallest absolute Gasteiger partial charge is 0.239 e. The molecule has 16 heavy (non-hydrogen) atoms. The van der Waals surface area contributed by atoms with Gasteiger partial charge in [0.2, 0.25) is 10.0 Å². The number of rotatable bonds is 2. The minimum absolute atomic E-state index is 0.429. The molecule has 0 aliphatic carbocycles. The van der Waals surface area contributed by atoms with Gasteiger partial charge < -0.3 is 0 Å². The van der Waals surface area contributed by atoms with Crippen molar-refractivity contribution in [2.75, 3.05) is 11.4 Å². The van der Waals surface area contributed by atoms with E-state index in [9.17, 15) is 8.42 Å². The molecule has 1 rings (SSSR count). The summed E-state index contributed by atoms with van der Waals surface area (Å²) in [6.45, 7) is 4.99. The summed E-state index contributed by atoms with van der Waals surface area (Å²) in [7, 11) is -1.89. The first-order valence-corrected chi connectivity index (χ1v) is 6.73. The highest BCUT2D eigenvalue weighted by atomic mass is 35.5. The maximum atomic E-state index is 12.2. The lowest BCUT2D eigenvalue weighted by molar-refractivity contribution is 0.558. The topological polar surface area (TPSA) is 37.4 Å². The van der Waals surface area contributed by atoms with Gasteiger partial charge in [0.05, 0.1) is 15.5 Å². The quantitative estimate of drug-likeness (QED) is 0.821. The van der Waals surface area contributed by atoms with Gasteiger partial charge in [-0.3, -0.25) is 4.31 Å². The van der Waals surface area contributed by atoms with Crippen LogP contribution in [0.15, 0.2) is 24.3 Å². The first kappa shape index (κ1) is 13.3. The van der Waals surface area contributed by atoms with Gasteiger partial charge in [0.1, 0.15) is 0 Å². The lowest BCUT2D eigenvalue weighted by Gasteiger charge is -2.28. The van der Waals surface area contributed by atoms with Crippen LogP contribution < -0.4 is 4.31 Å². The summed E-state index contributed by atoms with van der Waals surface area (Å²) in [5, 5.41) is 0.429. The van der Waals surface area contributed by atoms with E-state index in [1.165, 1.54) is 11.4 Å². The van der Waals surface area contributed by atoms with E-state index >= 15 is 0 Å². The maximum Gasteiger partial charge on any atom is 0.239 e. The summed E-state index contributed by atoms with van der Waals surface area (Å²) in [6.07, 6.45) is 0. The van der Waals surface area contributed by atoms with Gasteiger partial charge >= 0.3 is 0 Å². The van der Waals surface area contributed by atoms with E-state index < -0.39 is 14.8 Å². The molecule has 0 N–H and O–H groups in total. The Morgan fingerprint density at radius 1 is 1.19 bits per heavy atom. The Hall–Kier alpha value is -0.740. The van der Waals surface area contributed by atoms with Crippen molar-refractivity contribution >= 4 is 27.3 Å². The summed E-state index contributed by atoms with van der Waals surface area (Å²) >= 11 is 5.97. The fourth-order valence-electron chi connectivity index (χ4n) is 1.25. The van der Waals surface area contributed by atoms with Crippen LogP contribution in [0.3, 0.4) is 0 Å². The SMILES string of the molecule is CN(c1ccccc1Cl)S(=O)(=O)C(C)(C)C. The molecule has 1 aromatic rings. The Morgan fingerprint density at radius 2 is 1.69 bits per heavy atom. The summed E-state index contributed by atoms with van der Waals surface area (Å²) in [6, 6.07) is 6.89. The van der Waals surface area contributed by atoms with Crippen LogP contribution in [-0.4, -0.2) is 20.2 Å². The molecule has 0 amide bonds. The van der Waals surface area contributed by atoms with Gasteiger partial charge in [-0.2, -0.15) is 0 Å². The van der Waals surface area contributed by atoms with Crippen molar-refractivity contribution in [3.63, 3.8) is 0 Å². The molecular weight excluding hydrogens is 246 g/mol. The van der Waals surface area contributed by atoms with E-state index in [-0.39, 0.29) is 0 Å². The van der Waals surface area contributed by atoms with Gasteiger partial charge in [0, 0.05) is 7.05 Å². The van der Waals surface area contributed by atoms with Crippen molar-refractivity contribution in [3.8, 4) is 0 Å². The number of para-hydroxylation sites is 1. The largest absolute Gasteiger partial charge is 0.271 e. The Balaban J connectivity index is 3.24. The first-order chi connectivity index (χ1) is 7.18. The number of benzene rings is 1. The minimum atomic E-state index is -3.40. The van der Waals surface area contributed by atoms with Crippen LogP contribution in [0.2, 0.25) is 5.02 Å². The summed E-state index contributed by atoms with van der Waals surface area (Å²) in [4.78, 5) is 0. The Bertz CT molecular complexity index is 477. The molecule has 3 nitrogen and oxygen atoms in total. The second-order valence-corrected chi connectivity index (χ2v) is 7.67. The molecule has 1 aromatic carbocycles. The first-order valence-electron chi connectivity index (χ1n) is 4.91. The van der Waals surface area contributed by atoms with E-state index in [1.54, 1.807) is 45.0 Å². The van der Waals surface area contributed by atoms with Crippen LogP contribution in [0.1, 0.15) is 20.8 Å². The average molecular weight is 262 g/mol. The highest BCUT2D eigenvalue weighted by Gasteiger charge is 2.33. The fraction of sp³-hybridized carbons (Fsp3) is 0.455. The lowest BCUT2D eigenvalue weighted by Crippen LogP contribution is -2.40. The zero-order valence-electron chi connectivity index (χ0n) is 9.86. The number of anilines is 1. The normalized spacial score (nSPS) is 12.6. The van der Waals surface area contributed by atoms with E-state index in [0.29, 0.717) is 10.7 Å². The van der Waals surface area contributed by atoms with Crippen LogP contribution in [0.5, 0.6) is 0 Å². The molecule has 0 fully saturated rings.